The molecule has 0 aliphatic heterocycles. The molecule has 1 aromatic heterocycles. The molecular formula is C11H11FN2. The molecule has 72 valence electrons. The third-order valence-electron chi connectivity index (χ3n) is 2.14. The van der Waals surface area contributed by atoms with Gasteiger partial charge in [0.15, 0.2) is 0 Å². The maximum absolute atomic E-state index is 13.0. The van der Waals surface area contributed by atoms with Crippen LogP contribution in [0, 0.1) is 5.82 Å². The van der Waals surface area contributed by atoms with Gasteiger partial charge < -0.3 is 0 Å². The number of aromatic nitrogens is 2. The SMILES string of the molecule is CCc1ccnn1-c1cccc(F)c1. The van der Waals surface area contributed by atoms with Crippen LogP contribution in [0.1, 0.15) is 12.6 Å². The van der Waals surface area contributed by atoms with E-state index >= 15 is 0 Å². The van der Waals surface area contributed by atoms with Gasteiger partial charge in [0.25, 0.3) is 0 Å². The van der Waals surface area contributed by atoms with Crippen molar-refractivity contribution >= 4 is 0 Å². The second-order valence-electron chi connectivity index (χ2n) is 3.07. The minimum absolute atomic E-state index is 0.236. The Hall–Kier alpha value is -1.64. The van der Waals surface area contributed by atoms with Crippen LogP contribution in [0.2, 0.25) is 0 Å². The van der Waals surface area contributed by atoms with Gasteiger partial charge in [-0.1, -0.05) is 13.0 Å². The van der Waals surface area contributed by atoms with Crippen molar-refractivity contribution in [1.82, 2.24) is 9.78 Å². The molecule has 2 nitrogen and oxygen atoms in total. The van der Waals surface area contributed by atoms with Crippen LogP contribution in [-0.4, -0.2) is 9.78 Å². The predicted molar refractivity (Wildman–Crippen MR) is 52.9 cm³/mol. The van der Waals surface area contributed by atoms with Crippen LogP contribution in [-0.2, 0) is 6.42 Å². The van der Waals surface area contributed by atoms with E-state index in [0.717, 1.165) is 17.8 Å². The van der Waals surface area contributed by atoms with Crippen LogP contribution in [0.25, 0.3) is 5.69 Å². The molecule has 2 rings (SSSR count). The van der Waals surface area contributed by atoms with Gasteiger partial charge in [-0.3, -0.25) is 0 Å². The molecule has 2 aromatic rings. The fraction of sp³-hybridized carbons (Fsp3) is 0.182. The number of benzene rings is 1. The van der Waals surface area contributed by atoms with Gasteiger partial charge in [-0.25, -0.2) is 9.07 Å². The number of nitrogens with zero attached hydrogens (tertiary/aromatic N) is 2. The second kappa shape index (κ2) is 3.62. The summed E-state index contributed by atoms with van der Waals surface area (Å²) in [5.74, 6) is -0.236. The van der Waals surface area contributed by atoms with Crippen molar-refractivity contribution in [2.75, 3.05) is 0 Å². The highest BCUT2D eigenvalue weighted by atomic mass is 19.1. The monoisotopic (exact) mass is 190 g/mol. The van der Waals surface area contributed by atoms with Gasteiger partial charge in [0.2, 0.25) is 0 Å². The Morgan fingerprint density at radius 3 is 2.93 bits per heavy atom. The molecule has 0 unspecified atom stereocenters. The van der Waals surface area contributed by atoms with Gasteiger partial charge in [0.1, 0.15) is 5.82 Å². The summed E-state index contributed by atoms with van der Waals surface area (Å²) >= 11 is 0. The number of hydrogen-bond donors (Lipinski definition) is 0. The zero-order chi connectivity index (χ0) is 9.97. The van der Waals surface area contributed by atoms with Crippen LogP contribution < -0.4 is 0 Å². The third kappa shape index (κ3) is 1.53. The lowest BCUT2D eigenvalue weighted by molar-refractivity contribution is 0.624. The predicted octanol–water partition coefficient (Wildman–Crippen LogP) is 2.57. The quantitative estimate of drug-likeness (QED) is 0.711. The van der Waals surface area contributed by atoms with Gasteiger partial charge in [0.05, 0.1) is 5.69 Å². The molecule has 0 aliphatic rings. The van der Waals surface area contributed by atoms with Crippen molar-refractivity contribution in [3.8, 4) is 5.69 Å². The Bertz CT molecular complexity index is 434. The fourth-order valence-corrected chi connectivity index (χ4v) is 1.44. The fourth-order valence-electron chi connectivity index (χ4n) is 1.44. The van der Waals surface area contributed by atoms with E-state index in [1.807, 2.05) is 19.1 Å². The van der Waals surface area contributed by atoms with Gasteiger partial charge >= 0.3 is 0 Å². The molecule has 0 amide bonds. The van der Waals surface area contributed by atoms with Crippen LogP contribution in [0.5, 0.6) is 0 Å². The Labute approximate surface area is 82.0 Å². The van der Waals surface area contributed by atoms with Crippen molar-refractivity contribution in [3.05, 3.63) is 48.0 Å². The Morgan fingerprint density at radius 1 is 1.36 bits per heavy atom. The lowest BCUT2D eigenvalue weighted by Crippen LogP contribution is -2.00. The highest BCUT2D eigenvalue weighted by molar-refractivity contribution is 5.32. The second-order valence-corrected chi connectivity index (χ2v) is 3.07. The lowest BCUT2D eigenvalue weighted by atomic mass is 10.3. The lowest BCUT2D eigenvalue weighted by Gasteiger charge is -2.05. The maximum atomic E-state index is 13.0. The maximum Gasteiger partial charge on any atom is 0.125 e. The van der Waals surface area contributed by atoms with Crippen molar-refractivity contribution in [2.24, 2.45) is 0 Å². The molecule has 0 atom stereocenters. The standard InChI is InChI=1S/C11H11FN2/c1-2-10-6-7-13-14(10)11-5-3-4-9(12)8-11/h3-8H,2H2,1H3. The van der Waals surface area contributed by atoms with Crippen molar-refractivity contribution in [1.29, 1.82) is 0 Å². The highest BCUT2D eigenvalue weighted by Gasteiger charge is 2.02. The summed E-state index contributed by atoms with van der Waals surface area (Å²) in [5, 5.41) is 4.15. The molecule has 1 heterocycles. The summed E-state index contributed by atoms with van der Waals surface area (Å²) in [4.78, 5) is 0. The molecule has 3 heteroatoms. The average Bonchev–Trinajstić information content (AvgIpc) is 2.65. The van der Waals surface area contributed by atoms with Crippen LogP contribution in [0.15, 0.2) is 36.5 Å². The van der Waals surface area contributed by atoms with E-state index in [-0.39, 0.29) is 5.82 Å². The summed E-state index contributed by atoms with van der Waals surface area (Å²) in [5.41, 5.74) is 1.85. The van der Waals surface area contributed by atoms with Crippen molar-refractivity contribution in [2.45, 2.75) is 13.3 Å². The smallest absolute Gasteiger partial charge is 0.125 e. The largest absolute Gasteiger partial charge is 0.238 e. The van der Waals surface area contributed by atoms with Crippen LogP contribution in [0.4, 0.5) is 4.39 Å². The van der Waals surface area contributed by atoms with E-state index in [2.05, 4.69) is 5.10 Å². The minimum atomic E-state index is -0.236. The molecular weight excluding hydrogens is 179 g/mol. The molecule has 1 aromatic carbocycles. The summed E-state index contributed by atoms with van der Waals surface area (Å²) in [6.07, 6.45) is 2.61. The van der Waals surface area contributed by atoms with E-state index in [4.69, 9.17) is 0 Å². The van der Waals surface area contributed by atoms with Crippen LogP contribution in [0.3, 0.4) is 0 Å². The topological polar surface area (TPSA) is 17.8 Å². The molecule has 0 saturated heterocycles. The Morgan fingerprint density at radius 2 is 2.21 bits per heavy atom. The minimum Gasteiger partial charge on any atom is -0.238 e. The third-order valence-corrected chi connectivity index (χ3v) is 2.14. The average molecular weight is 190 g/mol. The summed E-state index contributed by atoms with van der Waals surface area (Å²) < 4.78 is 14.7. The molecule has 14 heavy (non-hydrogen) atoms. The molecule has 0 saturated carbocycles. The van der Waals surface area contributed by atoms with Gasteiger partial charge in [-0.2, -0.15) is 5.10 Å². The highest BCUT2D eigenvalue weighted by Crippen LogP contribution is 2.11. The van der Waals surface area contributed by atoms with E-state index in [9.17, 15) is 4.39 Å². The first-order chi connectivity index (χ1) is 6.81. The first-order valence-electron chi connectivity index (χ1n) is 4.60. The molecule has 0 fully saturated rings. The molecule has 0 bridgehead atoms. The van der Waals surface area contributed by atoms with E-state index in [1.54, 1.807) is 16.9 Å². The Kier molecular flexibility index (Phi) is 2.31. The number of halogens is 1. The van der Waals surface area contributed by atoms with Gasteiger partial charge in [-0.05, 0) is 30.7 Å². The zero-order valence-electron chi connectivity index (χ0n) is 7.94. The summed E-state index contributed by atoms with van der Waals surface area (Å²) in [6.45, 7) is 2.05. The van der Waals surface area contributed by atoms with Crippen LogP contribution >= 0.6 is 0 Å². The van der Waals surface area contributed by atoms with Crippen molar-refractivity contribution < 1.29 is 4.39 Å². The molecule has 0 N–H and O–H groups in total. The van der Waals surface area contributed by atoms with E-state index in [0.29, 0.717) is 0 Å². The van der Waals surface area contributed by atoms with E-state index in [1.165, 1.54) is 12.1 Å². The molecule has 0 spiro atoms. The van der Waals surface area contributed by atoms with Crippen molar-refractivity contribution in [3.63, 3.8) is 0 Å². The first kappa shape index (κ1) is 8.94. The van der Waals surface area contributed by atoms with E-state index < -0.39 is 0 Å². The molecule has 0 aliphatic carbocycles. The number of rotatable bonds is 2. The van der Waals surface area contributed by atoms with Gasteiger partial charge in [-0.15, -0.1) is 0 Å². The van der Waals surface area contributed by atoms with Gasteiger partial charge in [0, 0.05) is 11.9 Å². The Balaban J connectivity index is 2.49. The first-order valence-corrected chi connectivity index (χ1v) is 4.60. The number of aryl methyl sites for hydroxylation is 1. The molecule has 0 radical (unpaired) electrons. The zero-order valence-corrected chi connectivity index (χ0v) is 7.94. The normalized spacial score (nSPS) is 10.4. The number of hydrogen-bond acceptors (Lipinski definition) is 1. The summed E-state index contributed by atoms with van der Waals surface area (Å²) in [6, 6.07) is 8.37. The summed E-state index contributed by atoms with van der Waals surface area (Å²) in [7, 11) is 0.